The summed E-state index contributed by atoms with van der Waals surface area (Å²) < 4.78 is 21.4. The molecule has 1 heterocycles. The summed E-state index contributed by atoms with van der Waals surface area (Å²) in [5.41, 5.74) is 2.25. The van der Waals surface area contributed by atoms with E-state index in [-0.39, 0.29) is 12.4 Å². The first kappa shape index (κ1) is 10.4. The van der Waals surface area contributed by atoms with Gasteiger partial charge in [-0.15, -0.1) is 12.4 Å². The van der Waals surface area contributed by atoms with Gasteiger partial charge in [-0.05, 0) is 12.1 Å². The molecule has 1 aliphatic rings. The minimum absolute atomic E-state index is 0. The van der Waals surface area contributed by atoms with E-state index in [1.54, 1.807) is 6.07 Å². The summed E-state index contributed by atoms with van der Waals surface area (Å²) in [6, 6.07) is 7.27. The van der Waals surface area contributed by atoms with Crippen LogP contribution in [0.3, 0.4) is 0 Å². The van der Waals surface area contributed by atoms with Gasteiger partial charge in [0.2, 0.25) is 0 Å². The Hall–Kier alpha value is -0.650. The largest absolute Gasteiger partial charge is 0.250 e. The van der Waals surface area contributed by atoms with Crippen LogP contribution in [0.2, 0.25) is 0 Å². The van der Waals surface area contributed by atoms with Crippen molar-refractivity contribution in [3.05, 3.63) is 24.3 Å². The zero-order chi connectivity index (χ0) is 8.55. The van der Waals surface area contributed by atoms with E-state index in [0.717, 1.165) is 10.6 Å². The first-order valence-electron chi connectivity index (χ1n) is 3.25. The highest BCUT2D eigenvalue weighted by atomic mass is 35.5. The fraction of sp³-hybridized carbons (Fsp3) is 0. The number of benzene rings is 1. The molecule has 3 nitrogen and oxygen atoms in total. The van der Waals surface area contributed by atoms with Crippen LogP contribution in [0, 0.1) is 0 Å². The second-order valence-corrected chi connectivity index (χ2v) is 5.75. The number of aliphatic imine (C=N–C) groups is 1. The van der Waals surface area contributed by atoms with Gasteiger partial charge in [0.1, 0.15) is 0 Å². The maximum absolute atomic E-state index is 10.7. The molecule has 0 radical (unpaired) electrons. The summed E-state index contributed by atoms with van der Waals surface area (Å²) in [5.74, 6) is 0. The number of hydrogen-bond donors (Lipinski definition) is 0. The Kier molecular flexibility index (Phi) is 3.24. The highest BCUT2D eigenvalue weighted by Crippen LogP contribution is 2.26. The molecular weight excluding hydrogens is 230 g/mol. The number of nitrogens with zero attached hydrogens (tertiary/aromatic N) is 1. The van der Waals surface area contributed by atoms with Crippen LogP contribution in [0.4, 0.5) is 5.69 Å². The molecule has 13 heavy (non-hydrogen) atoms. The summed E-state index contributed by atoms with van der Waals surface area (Å²) in [6.45, 7) is 0. The standard InChI is InChI=1S/C7H5NO2S2.ClH/c9-12(10)11-5-8-6-3-1-2-4-7(6)11;/h1-5H;1H. The van der Waals surface area contributed by atoms with E-state index in [1.165, 1.54) is 5.55 Å². The third-order valence-corrected chi connectivity index (χ3v) is 4.56. The Morgan fingerprint density at radius 2 is 1.92 bits per heavy atom. The van der Waals surface area contributed by atoms with Crippen LogP contribution in [0.1, 0.15) is 0 Å². The zero-order valence-corrected chi connectivity index (χ0v) is 8.82. The molecule has 1 atom stereocenters. The predicted octanol–water partition coefficient (Wildman–Crippen LogP) is 1.55. The van der Waals surface area contributed by atoms with Crippen molar-refractivity contribution in [2.24, 2.45) is 4.99 Å². The van der Waals surface area contributed by atoms with E-state index >= 15 is 0 Å². The van der Waals surface area contributed by atoms with Crippen LogP contribution in [0.25, 0.3) is 0 Å². The monoisotopic (exact) mass is 235 g/mol. The number of fused-ring (bicyclic) bond motifs is 1. The average Bonchev–Trinajstić information content (AvgIpc) is 2.47. The van der Waals surface area contributed by atoms with Crippen molar-refractivity contribution in [2.75, 3.05) is 0 Å². The predicted molar refractivity (Wildman–Crippen MR) is 56.4 cm³/mol. The Morgan fingerprint density at radius 3 is 2.62 bits per heavy atom. The van der Waals surface area contributed by atoms with Crippen molar-refractivity contribution in [1.82, 2.24) is 0 Å². The quantitative estimate of drug-likeness (QED) is 0.685. The molecule has 0 aliphatic carbocycles. The summed E-state index contributed by atoms with van der Waals surface area (Å²) in [4.78, 5) is 4.79. The highest BCUT2D eigenvalue weighted by Gasteiger charge is 2.11. The van der Waals surface area contributed by atoms with Gasteiger partial charge in [-0.25, -0.2) is 4.99 Å². The normalized spacial score (nSPS) is 17.7. The maximum Gasteiger partial charge on any atom is 0.250 e. The highest BCUT2D eigenvalue weighted by molar-refractivity contribution is 8.41. The molecule has 6 heteroatoms. The second kappa shape index (κ2) is 4.04. The van der Waals surface area contributed by atoms with E-state index in [2.05, 4.69) is 4.99 Å². The number of rotatable bonds is 0. The molecule has 2 rings (SSSR count). The molecule has 1 aliphatic heterocycles. The number of hydrogen-bond acceptors (Lipinski definition) is 3. The topological polar surface area (TPSA) is 46.5 Å². The fourth-order valence-electron chi connectivity index (χ4n) is 1.00. The van der Waals surface area contributed by atoms with Gasteiger partial charge in [-0.2, -0.15) is 8.42 Å². The molecule has 0 N–H and O–H groups in total. The maximum atomic E-state index is 10.7. The van der Waals surface area contributed by atoms with Gasteiger partial charge in [-0.3, -0.25) is 0 Å². The molecule has 0 bridgehead atoms. The molecule has 0 saturated carbocycles. The molecule has 70 valence electrons. The Labute approximate surface area is 85.0 Å². The van der Waals surface area contributed by atoms with Gasteiger partial charge >= 0.3 is 0 Å². The van der Waals surface area contributed by atoms with Crippen molar-refractivity contribution in [1.29, 1.82) is 0 Å². The zero-order valence-electron chi connectivity index (χ0n) is 6.38. The van der Waals surface area contributed by atoms with Crippen molar-refractivity contribution < 1.29 is 8.42 Å². The van der Waals surface area contributed by atoms with E-state index in [9.17, 15) is 8.42 Å². The second-order valence-electron chi connectivity index (χ2n) is 2.20. The van der Waals surface area contributed by atoms with E-state index < -0.39 is 18.7 Å². The first-order chi connectivity index (χ1) is 5.79. The molecule has 0 spiro atoms. The Balaban J connectivity index is 0.000000845. The molecule has 1 aromatic carbocycles. The minimum atomic E-state index is -2.07. The van der Waals surface area contributed by atoms with Gasteiger partial charge in [0.25, 0.3) is 9.26 Å². The molecule has 0 saturated heterocycles. The summed E-state index contributed by atoms with van der Waals surface area (Å²) >= 11 is 0. The fourth-order valence-corrected chi connectivity index (χ4v) is 3.29. The molecule has 1 aromatic rings. The van der Waals surface area contributed by atoms with Gasteiger partial charge in [0, 0.05) is 14.3 Å². The minimum Gasteiger partial charge on any atom is -0.248 e. The van der Waals surface area contributed by atoms with E-state index in [0.29, 0.717) is 0 Å². The Bertz CT molecular complexity index is 485. The molecular formula is C7H6ClNO2S2. The smallest absolute Gasteiger partial charge is 0.248 e. The Morgan fingerprint density at radius 1 is 1.23 bits per heavy atom. The lowest BCUT2D eigenvalue weighted by Gasteiger charge is -1.92. The van der Waals surface area contributed by atoms with Crippen LogP contribution in [-0.2, 0) is 18.7 Å². The van der Waals surface area contributed by atoms with Gasteiger partial charge in [-0.1, -0.05) is 12.1 Å². The van der Waals surface area contributed by atoms with Gasteiger partial charge in [0.15, 0.2) is 0 Å². The summed E-state index contributed by atoms with van der Waals surface area (Å²) in [6.07, 6.45) is 0. The van der Waals surface area contributed by atoms with Crippen molar-refractivity contribution in [3.8, 4) is 0 Å². The number of para-hydroxylation sites is 1. The molecule has 0 fully saturated rings. The summed E-state index contributed by atoms with van der Waals surface area (Å²) in [5, 5.41) is 0. The lowest BCUT2D eigenvalue weighted by Crippen LogP contribution is -1.86. The van der Waals surface area contributed by atoms with Crippen molar-refractivity contribution in [3.63, 3.8) is 0 Å². The lowest BCUT2D eigenvalue weighted by molar-refractivity contribution is 0.628. The number of halogens is 1. The molecule has 1 unspecified atom stereocenters. The average molecular weight is 236 g/mol. The summed E-state index contributed by atoms with van der Waals surface area (Å²) in [7, 11) is -2.90. The first-order valence-corrected chi connectivity index (χ1v) is 6.13. The lowest BCUT2D eigenvalue weighted by atomic mass is 10.3. The van der Waals surface area contributed by atoms with Gasteiger partial charge in [0.05, 0.1) is 11.2 Å². The van der Waals surface area contributed by atoms with Crippen molar-refractivity contribution in [2.45, 2.75) is 4.90 Å². The van der Waals surface area contributed by atoms with E-state index in [4.69, 9.17) is 0 Å². The third-order valence-electron chi connectivity index (χ3n) is 1.52. The van der Waals surface area contributed by atoms with Crippen LogP contribution in [-0.4, -0.2) is 14.0 Å². The van der Waals surface area contributed by atoms with Crippen LogP contribution in [0.15, 0.2) is 34.2 Å². The van der Waals surface area contributed by atoms with Crippen LogP contribution < -0.4 is 0 Å². The van der Waals surface area contributed by atoms with Crippen LogP contribution in [0.5, 0.6) is 0 Å². The van der Waals surface area contributed by atoms with Crippen molar-refractivity contribution >= 4 is 42.4 Å². The van der Waals surface area contributed by atoms with E-state index in [1.807, 2.05) is 18.2 Å². The molecule has 0 aromatic heterocycles. The van der Waals surface area contributed by atoms with Gasteiger partial charge < -0.3 is 0 Å². The van der Waals surface area contributed by atoms with Crippen LogP contribution >= 0.6 is 12.4 Å². The molecule has 0 amide bonds. The SMILES string of the molecule is Cl.O=S(=O)=S1C=Nc2ccccc21. The third kappa shape index (κ3) is 1.82.